The molecule has 1 aliphatic rings. The number of amides is 3. The van der Waals surface area contributed by atoms with E-state index in [-0.39, 0.29) is 5.91 Å². The number of ether oxygens (including phenoxy) is 1. The van der Waals surface area contributed by atoms with E-state index < -0.39 is 6.03 Å². The van der Waals surface area contributed by atoms with E-state index >= 15 is 0 Å². The third kappa shape index (κ3) is 6.25. The Balaban J connectivity index is 1.50. The van der Waals surface area contributed by atoms with E-state index in [9.17, 15) is 9.59 Å². The smallest absolute Gasteiger partial charge is 0.323 e. The van der Waals surface area contributed by atoms with E-state index in [0.29, 0.717) is 28.5 Å². The number of benzene rings is 3. The van der Waals surface area contributed by atoms with E-state index in [1.165, 1.54) is 0 Å². The van der Waals surface area contributed by atoms with Crippen LogP contribution in [-0.4, -0.2) is 32.1 Å². The number of urea groups is 1. The molecule has 0 unspecified atom stereocenters. The van der Waals surface area contributed by atoms with E-state index in [4.69, 9.17) is 16.3 Å². The first-order valence-corrected chi connectivity index (χ1v) is 11.9. The van der Waals surface area contributed by atoms with Crippen LogP contribution in [0, 0.1) is 6.92 Å². The molecule has 35 heavy (non-hydrogen) atoms. The Kier molecular flexibility index (Phi) is 7.77. The fourth-order valence-electron chi connectivity index (χ4n) is 4.04. The predicted molar refractivity (Wildman–Crippen MR) is 141 cm³/mol. The molecule has 0 aliphatic carbocycles. The minimum Gasteiger partial charge on any atom is -0.497 e. The van der Waals surface area contributed by atoms with Crippen LogP contribution in [0.4, 0.5) is 21.9 Å². The number of nitrogens with zero attached hydrogens (tertiary/aromatic N) is 1. The topological polar surface area (TPSA) is 82.7 Å². The molecule has 0 bridgehead atoms. The number of carbonyl (C=O) groups excluding carboxylic acids is 2. The van der Waals surface area contributed by atoms with Crippen LogP contribution in [0.25, 0.3) is 0 Å². The second kappa shape index (κ2) is 11.1. The Hall–Kier alpha value is -3.71. The zero-order valence-corrected chi connectivity index (χ0v) is 20.6. The average molecular weight is 493 g/mol. The van der Waals surface area contributed by atoms with Crippen LogP contribution in [0.1, 0.15) is 34.3 Å². The van der Waals surface area contributed by atoms with Crippen LogP contribution in [0.15, 0.2) is 60.7 Å². The molecule has 1 aliphatic heterocycles. The maximum Gasteiger partial charge on any atom is 0.323 e. The van der Waals surface area contributed by atoms with Crippen LogP contribution in [0.3, 0.4) is 0 Å². The molecule has 3 N–H and O–H groups in total. The zero-order chi connectivity index (χ0) is 24.8. The van der Waals surface area contributed by atoms with Gasteiger partial charge >= 0.3 is 6.03 Å². The lowest BCUT2D eigenvalue weighted by molar-refractivity contribution is 0.0951. The van der Waals surface area contributed by atoms with Crippen molar-refractivity contribution < 1.29 is 14.3 Å². The molecule has 0 atom stereocenters. The number of hydrogen-bond donors (Lipinski definition) is 3. The van der Waals surface area contributed by atoms with E-state index in [2.05, 4.69) is 20.9 Å². The average Bonchev–Trinajstić information content (AvgIpc) is 3.40. The van der Waals surface area contributed by atoms with Gasteiger partial charge in [0.1, 0.15) is 5.75 Å². The summed E-state index contributed by atoms with van der Waals surface area (Å²) in [6.07, 6.45) is 2.19. The summed E-state index contributed by atoms with van der Waals surface area (Å²) in [5, 5.41) is 9.27. The highest BCUT2D eigenvalue weighted by Gasteiger charge is 2.19. The second-order valence-electron chi connectivity index (χ2n) is 8.50. The maximum absolute atomic E-state index is 12.9. The summed E-state index contributed by atoms with van der Waals surface area (Å²) in [6, 6.07) is 17.9. The second-order valence-corrected chi connectivity index (χ2v) is 8.93. The minimum atomic E-state index is -0.397. The minimum absolute atomic E-state index is 0.220. The highest BCUT2D eigenvalue weighted by molar-refractivity contribution is 6.31. The molecule has 0 radical (unpaired) electrons. The molecule has 0 aromatic heterocycles. The molecule has 1 heterocycles. The fourth-order valence-corrected chi connectivity index (χ4v) is 4.22. The molecular formula is C27H29ClN4O3. The number of methoxy groups -OCH3 is 1. The highest BCUT2D eigenvalue weighted by Crippen LogP contribution is 2.31. The van der Waals surface area contributed by atoms with Gasteiger partial charge in [0.2, 0.25) is 0 Å². The lowest BCUT2D eigenvalue weighted by Gasteiger charge is -2.22. The molecule has 4 rings (SSSR count). The Morgan fingerprint density at radius 2 is 1.66 bits per heavy atom. The molecule has 7 nitrogen and oxygen atoms in total. The van der Waals surface area contributed by atoms with Gasteiger partial charge in [0.15, 0.2) is 0 Å². The van der Waals surface area contributed by atoms with Gasteiger partial charge in [0.05, 0.1) is 18.5 Å². The van der Waals surface area contributed by atoms with Crippen molar-refractivity contribution in [2.24, 2.45) is 0 Å². The van der Waals surface area contributed by atoms with Crippen molar-refractivity contribution in [3.05, 3.63) is 82.4 Å². The quantitative estimate of drug-likeness (QED) is 0.387. The first kappa shape index (κ1) is 24.4. The van der Waals surface area contributed by atoms with Crippen LogP contribution >= 0.6 is 11.6 Å². The summed E-state index contributed by atoms with van der Waals surface area (Å²) >= 11 is 6.09. The van der Waals surface area contributed by atoms with Gasteiger partial charge in [-0.15, -0.1) is 0 Å². The van der Waals surface area contributed by atoms with Crippen molar-refractivity contribution in [1.29, 1.82) is 0 Å². The molecule has 8 heteroatoms. The molecule has 0 saturated carbocycles. The molecule has 0 spiro atoms. The van der Waals surface area contributed by atoms with Crippen molar-refractivity contribution >= 4 is 40.6 Å². The SMILES string of the molecule is COc1ccc(CNC(=O)c2ccc(N3CCCC3)c(NC(=O)Nc3cc(Cl)ccc3C)c2)cc1. The number of hydrogen-bond acceptors (Lipinski definition) is 4. The Morgan fingerprint density at radius 1 is 0.943 bits per heavy atom. The standard InChI is InChI=1S/C27H29ClN4O3/c1-18-5-9-21(28)16-23(18)30-27(34)31-24-15-20(8-12-25(24)32-13-3-4-14-32)26(33)29-17-19-6-10-22(35-2)11-7-19/h5-12,15-16H,3-4,13-14,17H2,1-2H3,(H,29,33)(H2,30,31,34). The van der Waals surface area contributed by atoms with Crippen molar-refractivity contribution in [3.8, 4) is 5.75 Å². The van der Waals surface area contributed by atoms with Gasteiger partial charge in [0, 0.05) is 35.9 Å². The van der Waals surface area contributed by atoms with Crippen molar-refractivity contribution in [3.63, 3.8) is 0 Å². The van der Waals surface area contributed by atoms with Crippen molar-refractivity contribution in [2.45, 2.75) is 26.3 Å². The van der Waals surface area contributed by atoms with Gasteiger partial charge in [-0.3, -0.25) is 4.79 Å². The van der Waals surface area contributed by atoms with Crippen LogP contribution in [0.2, 0.25) is 5.02 Å². The van der Waals surface area contributed by atoms with Gasteiger partial charge in [-0.2, -0.15) is 0 Å². The predicted octanol–water partition coefficient (Wildman–Crippen LogP) is 5.83. The number of rotatable bonds is 7. The van der Waals surface area contributed by atoms with Gasteiger partial charge < -0.3 is 25.6 Å². The van der Waals surface area contributed by atoms with Crippen LogP contribution in [0.5, 0.6) is 5.75 Å². The lowest BCUT2D eigenvalue weighted by atomic mass is 10.1. The number of aryl methyl sites for hydroxylation is 1. The number of nitrogens with one attached hydrogen (secondary N) is 3. The molecule has 1 saturated heterocycles. The van der Waals surface area contributed by atoms with Gasteiger partial charge in [-0.1, -0.05) is 29.8 Å². The summed E-state index contributed by atoms with van der Waals surface area (Å²) in [5.41, 5.74) is 4.44. The largest absolute Gasteiger partial charge is 0.497 e. The summed E-state index contributed by atoms with van der Waals surface area (Å²) in [4.78, 5) is 28.0. The normalized spacial score (nSPS) is 12.8. The third-order valence-electron chi connectivity index (χ3n) is 6.01. The Bertz CT molecular complexity index is 1210. The van der Waals surface area contributed by atoms with Gasteiger partial charge in [-0.05, 0) is 73.4 Å². The van der Waals surface area contributed by atoms with Gasteiger partial charge in [0.25, 0.3) is 5.91 Å². The Morgan fingerprint density at radius 3 is 2.37 bits per heavy atom. The van der Waals surface area contributed by atoms with E-state index in [1.54, 1.807) is 31.4 Å². The van der Waals surface area contributed by atoms with E-state index in [0.717, 1.165) is 48.5 Å². The first-order valence-electron chi connectivity index (χ1n) is 11.6. The highest BCUT2D eigenvalue weighted by atomic mass is 35.5. The molecule has 182 valence electrons. The molecule has 1 fully saturated rings. The van der Waals surface area contributed by atoms with E-state index in [1.807, 2.05) is 43.3 Å². The van der Waals surface area contributed by atoms with Crippen molar-refractivity contribution in [1.82, 2.24) is 5.32 Å². The summed E-state index contributed by atoms with van der Waals surface area (Å²) in [5.74, 6) is 0.544. The number of halogens is 1. The summed E-state index contributed by atoms with van der Waals surface area (Å²) in [6.45, 7) is 4.10. The monoisotopic (exact) mass is 492 g/mol. The first-order chi connectivity index (χ1) is 16.9. The van der Waals surface area contributed by atoms with Gasteiger partial charge in [-0.25, -0.2) is 4.79 Å². The summed E-state index contributed by atoms with van der Waals surface area (Å²) in [7, 11) is 1.62. The number of anilines is 3. The molecule has 3 amide bonds. The molecule has 3 aromatic carbocycles. The molecular weight excluding hydrogens is 464 g/mol. The van der Waals surface area contributed by atoms with Crippen molar-refractivity contribution in [2.75, 3.05) is 35.7 Å². The fraction of sp³-hybridized carbons (Fsp3) is 0.259. The lowest BCUT2D eigenvalue weighted by Crippen LogP contribution is -2.26. The van der Waals surface area contributed by atoms with Crippen LogP contribution in [-0.2, 0) is 6.54 Å². The number of carbonyl (C=O) groups is 2. The maximum atomic E-state index is 12.9. The Labute approximate surface area is 210 Å². The van der Waals surface area contributed by atoms with Crippen LogP contribution < -0.4 is 25.6 Å². The zero-order valence-electron chi connectivity index (χ0n) is 19.9. The summed E-state index contributed by atoms with van der Waals surface area (Å²) < 4.78 is 5.17. The molecule has 3 aromatic rings. The third-order valence-corrected chi connectivity index (χ3v) is 6.25.